The highest BCUT2D eigenvalue weighted by Crippen LogP contribution is 2.23. The molecule has 0 saturated heterocycles. The molecule has 0 bridgehead atoms. The molecule has 0 aliphatic heterocycles. The maximum Gasteiger partial charge on any atom is 0.191 e. The van der Waals surface area contributed by atoms with Crippen molar-refractivity contribution in [1.29, 1.82) is 0 Å². The van der Waals surface area contributed by atoms with E-state index in [-0.39, 0.29) is 29.4 Å². The average Bonchev–Trinajstić information content (AvgIpc) is 2.97. The van der Waals surface area contributed by atoms with Crippen molar-refractivity contribution in [3.05, 3.63) is 16.1 Å². The van der Waals surface area contributed by atoms with Gasteiger partial charge in [-0.15, -0.1) is 35.3 Å². The van der Waals surface area contributed by atoms with Gasteiger partial charge in [0.2, 0.25) is 0 Å². The summed E-state index contributed by atoms with van der Waals surface area (Å²) in [5.41, 5.74) is 1.29. The van der Waals surface area contributed by atoms with Crippen molar-refractivity contribution in [2.24, 2.45) is 10.9 Å². The number of rotatable bonds is 9. The predicted molar refractivity (Wildman–Crippen MR) is 120 cm³/mol. The molecule has 0 unspecified atom stereocenters. The van der Waals surface area contributed by atoms with Crippen molar-refractivity contribution < 1.29 is 4.74 Å². The number of halogens is 1. The molecule has 7 heteroatoms. The molecule has 2 N–H and O–H groups in total. The minimum absolute atomic E-state index is 0. The quantitative estimate of drug-likeness (QED) is 0.243. The Kier molecular flexibility index (Phi) is 12.7. The van der Waals surface area contributed by atoms with E-state index >= 15 is 0 Å². The molecule has 1 rings (SSSR count). The second-order valence-corrected chi connectivity index (χ2v) is 8.29. The van der Waals surface area contributed by atoms with E-state index in [1.165, 1.54) is 10.7 Å². The highest BCUT2D eigenvalue weighted by atomic mass is 127. The molecule has 0 amide bonds. The molecule has 0 aliphatic rings. The van der Waals surface area contributed by atoms with Crippen molar-refractivity contribution >= 4 is 41.3 Å². The molecule has 0 aromatic carbocycles. The van der Waals surface area contributed by atoms with Gasteiger partial charge in [-0.2, -0.15) is 0 Å². The van der Waals surface area contributed by atoms with Gasteiger partial charge in [0.25, 0.3) is 0 Å². The maximum absolute atomic E-state index is 5.59. The van der Waals surface area contributed by atoms with Crippen molar-refractivity contribution in [3.63, 3.8) is 0 Å². The van der Waals surface area contributed by atoms with Crippen molar-refractivity contribution in [3.8, 4) is 0 Å². The van der Waals surface area contributed by atoms with E-state index in [1.807, 2.05) is 0 Å². The van der Waals surface area contributed by atoms with Gasteiger partial charge >= 0.3 is 0 Å². The van der Waals surface area contributed by atoms with Crippen LogP contribution in [-0.4, -0.2) is 44.3 Å². The molecule has 1 aromatic heterocycles. The normalized spacial score (nSPS) is 12.2. The molecule has 1 heterocycles. The van der Waals surface area contributed by atoms with Crippen LogP contribution in [0.1, 0.15) is 51.7 Å². The van der Waals surface area contributed by atoms with Crippen LogP contribution in [0.5, 0.6) is 0 Å². The second kappa shape index (κ2) is 12.9. The van der Waals surface area contributed by atoms with E-state index in [2.05, 4.69) is 55.6 Å². The Morgan fingerprint density at radius 3 is 2.48 bits per heavy atom. The number of ether oxygens (including phenoxy) is 1. The van der Waals surface area contributed by atoms with Crippen molar-refractivity contribution in [2.45, 2.75) is 52.9 Å². The Labute approximate surface area is 174 Å². The second-order valence-electron chi connectivity index (χ2n) is 7.35. The molecule has 0 radical (unpaired) electrons. The summed E-state index contributed by atoms with van der Waals surface area (Å²) in [6.45, 7) is 14.1. The first-order valence-electron chi connectivity index (χ1n) is 8.80. The number of guanidine groups is 1. The van der Waals surface area contributed by atoms with Crippen LogP contribution in [0.2, 0.25) is 0 Å². The van der Waals surface area contributed by atoms with Crippen LogP contribution in [-0.2, 0) is 16.6 Å². The highest BCUT2D eigenvalue weighted by Gasteiger charge is 2.17. The molecule has 5 nitrogen and oxygen atoms in total. The summed E-state index contributed by atoms with van der Waals surface area (Å²) in [4.78, 5) is 8.94. The van der Waals surface area contributed by atoms with Gasteiger partial charge in [0.15, 0.2) is 5.96 Å². The summed E-state index contributed by atoms with van der Waals surface area (Å²) in [6.07, 6.45) is 2.02. The Morgan fingerprint density at radius 2 is 1.92 bits per heavy atom. The lowest BCUT2D eigenvalue weighted by molar-refractivity contribution is 0.128. The van der Waals surface area contributed by atoms with Crippen LogP contribution < -0.4 is 10.6 Å². The van der Waals surface area contributed by atoms with Crippen LogP contribution in [0.25, 0.3) is 0 Å². The van der Waals surface area contributed by atoms with Gasteiger partial charge in [-0.05, 0) is 12.3 Å². The zero-order valence-corrected chi connectivity index (χ0v) is 19.7. The fourth-order valence-electron chi connectivity index (χ4n) is 1.94. The maximum atomic E-state index is 5.59. The predicted octanol–water partition coefficient (Wildman–Crippen LogP) is 3.83. The van der Waals surface area contributed by atoms with E-state index in [0.29, 0.717) is 12.5 Å². The fourth-order valence-corrected chi connectivity index (χ4v) is 2.97. The number of hydrogen-bond acceptors (Lipinski definition) is 4. The lowest BCUT2D eigenvalue weighted by Crippen LogP contribution is -2.39. The standard InChI is InChI=1S/C18H34N4OS.HI/c1-14(2)8-11-23-12-10-21-17(19-6)20-9-7-16-22-15(13-24-16)18(3,4)5;/h13-14H,7-12H2,1-6H3,(H2,19,20,21);1H. The van der Waals surface area contributed by atoms with Gasteiger partial charge in [0, 0.05) is 44.0 Å². The number of thiazole rings is 1. The number of hydrogen-bond donors (Lipinski definition) is 2. The zero-order chi connectivity index (χ0) is 18.0. The Hall–Kier alpha value is -0.410. The summed E-state index contributed by atoms with van der Waals surface area (Å²) in [7, 11) is 1.79. The smallest absolute Gasteiger partial charge is 0.191 e. The molecule has 1 aromatic rings. The van der Waals surface area contributed by atoms with Gasteiger partial charge < -0.3 is 15.4 Å². The molecule has 0 aliphatic carbocycles. The minimum Gasteiger partial charge on any atom is -0.380 e. The Balaban J connectivity index is 0.00000576. The molecule has 0 atom stereocenters. The number of nitrogens with zero attached hydrogens (tertiary/aromatic N) is 2. The summed E-state index contributed by atoms with van der Waals surface area (Å²) >= 11 is 1.73. The zero-order valence-electron chi connectivity index (χ0n) is 16.5. The third-order valence-electron chi connectivity index (χ3n) is 3.55. The first-order valence-corrected chi connectivity index (χ1v) is 9.68. The van der Waals surface area contributed by atoms with Crippen LogP contribution in [0.15, 0.2) is 10.4 Å². The Morgan fingerprint density at radius 1 is 1.24 bits per heavy atom. The number of aliphatic imine (C=N–C) groups is 1. The van der Waals surface area contributed by atoms with Crippen LogP contribution in [0.4, 0.5) is 0 Å². The number of aromatic nitrogens is 1. The summed E-state index contributed by atoms with van der Waals surface area (Å²) in [5, 5.41) is 9.93. The Bertz CT molecular complexity index is 498. The van der Waals surface area contributed by atoms with Crippen LogP contribution in [0, 0.1) is 5.92 Å². The molecule has 25 heavy (non-hydrogen) atoms. The fraction of sp³-hybridized carbons (Fsp3) is 0.778. The lowest BCUT2D eigenvalue weighted by Gasteiger charge is -2.14. The van der Waals surface area contributed by atoms with E-state index < -0.39 is 0 Å². The van der Waals surface area contributed by atoms with E-state index in [1.54, 1.807) is 18.4 Å². The molecule has 0 spiro atoms. The molecule has 0 fully saturated rings. The van der Waals surface area contributed by atoms with Crippen LogP contribution in [0.3, 0.4) is 0 Å². The summed E-state index contributed by atoms with van der Waals surface area (Å²) in [6, 6.07) is 0. The third kappa shape index (κ3) is 11.0. The van der Waals surface area contributed by atoms with Crippen molar-refractivity contribution in [1.82, 2.24) is 15.6 Å². The van der Waals surface area contributed by atoms with E-state index in [9.17, 15) is 0 Å². The first-order chi connectivity index (χ1) is 11.3. The minimum atomic E-state index is 0. The van der Waals surface area contributed by atoms with Gasteiger partial charge in [-0.1, -0.05) is 34.6 Å². The topological polar surface area (TPSA) is 58.5 Å². The molecule has 0 saturated carbocycles. The van der Waals surface area contributed by atoms with E-state index in [0.717, 1.165) is 38.5 Å². The third-order valence-corrected chi connectivity index (χ3v) is 4.46. The average molecular weight is 482 g/mol. The van der Waals surface area contributed by atoms with Gasteiger partial charge in [0.05, 0.1) is 17.3 Å². The summed E-state index contributed by atoms with van der Waals surface area (Å²) in [5.74, 6) is 1.51. The summed E-state index contributed by atoms with van der Waals surface area (Å²) < 4.78 is 5.59. The van der Waals surface area contributed by atoms with Gasteiger partial charge in [0.1, 0.15) is 0 Å². The molecular weight excluding hydrogens is 447 g/mol. The first kappa shape index (κ1) is 24.6. The largest absolute Gasteiger partial charge is 0.380 e. The highest BCUT2D eigenvalue weighted by molar-refractivity contribution is 14.0. The molecular formula is C18H35IN4OS. The van der Waals surface area contributed by atoms with Gasteiger partial charge in [-0.25, -0.2) is 4.98 Å². The van der Waals surface area contributed by atoms with Crippen molar-refractivity contribution in [2.75, 3.05) is 33.4 Å². The van der Waals surface area contributed by atoms with Gasteiger partial charge in [-0.3, -0.25) is 4.99 Å². The van der Waals surface area contributed by atoms with Crippen LogP contribution >= 0.6 is 35.3 Å². The SMILES string of the molecule is CN=C(NCCOCCC(C)C)NCCc1nc(C(C)(C)C)cs1.I. The lowest BCUT2D eigenvalue weighted by atomic mass is 9.93. The monoisotopic (exact) mass is 482 g/mol. The van der Waals surface area contributed by atoms with E-state index in [4.69, 9.17) is 9.72 Å². The molecule has 146 valence electrons. The number of nitrogens with one attached hydrogen (secondary N) is 2.